The van der Waals surface area contributed by atoms with Gasteiger partial charge in [-0.15, -0.1) is 0 Å². The lowest BCUT2D eigenvalue weighted by Crippen LogP contribution is -2.40. The van der Waals surface area contributed by atoms with E-state index in [1.165, 1.54) is 31.3 Å². The van der Waals surface area contributed by atoms with Crippen molar-refractivity contribution in [3.8, 4) is 11.1 Å². The zero-order valence-electron chi connectivity index (χ0n) is 11.4. The Morgan fingerprint density at radius 2 is 1.95 bits per heavy atom. The fourth-order valence-corrected chi connectivity index (χ4v) is 3.65. The van der Waals surface area contributed by atoms with E-state index in [0.717, 1.165) is 0 Å². The van der Waals surface area contributed by atoms with E-state index in [2.05, 4.69) is 15.0 Å². The molecule has 1 heterocycles. The van der Waals surface area contributed by atoms with E-state index in [-0.39, 0.29) is 10.9 Å². The average Bonchev–Trinajstić information content (AvgIpc) is 2.48. The molecule has 8 heteroatoms. The molecule has 1 aliphatic rings. The maximum Gasteiger partial charge on any atom is 0.266 e. The first-order valence-electron chi connectivity index (χ1n) is 6.27. The lowest BCUT2D eigenvalue weighted by Gasteiger charge is -2.24. The van der Waals surface area contributed by atoms with Crippen LogP contribution in [-0.4, -0.2) is 21.4 Å². The largest absolute Gasteiger partial charge is 0.324 e. The monoisotopic (exact) mass is 339 g/mol. The van der Waals surface area contributed by atoms with Crippen LogP contribution in [-0.2, 0) is 10.0 Å². The first-order chi connectivity index (χ1) is 10.4. The number of para-hydroxylation sites is 1. The molecule has 1 aliphatic heterocycles. The Kier molecular flexibility index (Phi) is 3.54. The summed E-state index contributed by atoms with van der Waals surface area (Å²) in [6.45, 7) is 0. The van der Waals surface area contributed by atoms with Gasteiger partial charge >= 0.3 is 0 Å². The van der Waals surface area contributed by atoms with Gasteiger partial charge < -0.3 is 5.32 Å². The molecule has 0 bridgehead atoms. The molecule has 0 fully saturated rings. The summed E-state index contributed by atoms with van der Waals surface area (Å²) in [4.78, 5) is 3.88. The quantitative estimate of drug-likeness (QED) is 0.839. The summed E-state index contributed by atoms with van der Waals surface area (Å²) in [6.07, 6.45) is 0. The number of guanidine groups is 1. The molecule has 0 unspecified atom stereocenters. The summed E-state index contributed by atoms with van der Waals surface area (Å²) in [5, 5.41) is 3.22. The van der Waals surface area contributed by atoms with Gasteiger partial charge in [0.05, 0.1) is 5.69 Å². The van der Waals surface area contributed by atoms with Crippen molar-refractivity contribution in [2.24, 2.45) is 4.99 Å². The molecule has 2 aromatic carbocycles. The Morgan fingerprint density at radius 1 is 1.18 bits per heavy atom. The molecule has 0 aliphatic carbocycles. The van der Waals surface area contributed by atoms with Crippen molar-refractivity contribution in [1.82, 2.24) is 4.72 Å². The van der Waals surface area contributed by atoms with Crippen LogP contribution >= 0.6 is 11.6 Å². The second-order valence-corrected chi connectivity index (χ2v) is 6.66. The van der Waals surface area contributed by atoms with Gasteiger partial charge in [-0.3, -0.25) is 4.99 Å². The third-order valence-electron chi connectivity index (χ3n) is 3.23. The van der Waals surface area contributed by atoms with E-state index < -0.39 is 15.8 Å². The lowest BCUT2D eigenvalue weighted by atomic mass is 10.0. The average molecular weight is 340 g/mol. The molecule has 22 heavy (non-hydrogen) atoms. The number of rotatable bonds is 1. The van der Waals surface area contributed by atoms with Crippen LogP contribution in [0.4, 0.5) is 10.1 Å². The van der Waals surface area contributed by atoms with E-state index in [4.69, 9.17) is 11.6 Å². The summed E-state index contributed by atoms with van der Waals surface area (Å²) >= 11 is 6.12. The molecule has 2 aromatic rings. The molecule has 0 saturated carbocycles. The highest BCUT2D eigenvalue weighted by molar-refractivity contribution is 7.90. The topological polar surface area (TPSA) is 70.6 Å². The van der Waals surface area contributed by atoms with Gasteiger partial charge in [0.25, 0.3) is 10.0 Å². The van der Waals surface area contributed by atoms with Gasteiger partial charge in [0.2, 0.25) is 5.96 Å². The Hall–Kier alpha value is -2.12. The molecule has 114 valence electrons. The van der Waals surface area contributed by atoms with Crippen LogP contribution in [0.5, 0.6) is 0 Å². The number of benzene rings is 2. The van der Waals surface area contributed by atoms with Gasteiger partial charge in [-0.25, -0.2) is 17.5 Å². The predicted octanol–water partition coefficient (Wildman–Crippen LogP) is 2.84. The minimum absolute atomic E-state index is 0.0535. The third kappa shape index (κ3) is 2.42. The molecule has 0 radical (unpaired) electrons. The van der Waals surface area contributed by atoms with Crippen LogP contribution in [0.3, 0.4) is 0 Å². The molecule has 0 spiro atoms. The van der Waals surface area contributed by atoms with E-state index in [1.807, 2.05) is 0 Å². The van der Waals surface area contributed by atoms with E-state index in [0.29, 0.717) is 21.8 Å². The third-order valence-corrected chi connectivity index (χ3v) is 4.94. The number of aliphatic imine (C=N–C) groups is 1. The maximum absolute atomic E-state index is 13.5. The van der Waals surface area contributed by atoms with Crippen LogP contribution in [0.25, 0.3) is 11.1 Å². The molecule has 5 nitrogen and oxygen atoms in total. The molecular formula is C14H11ClFN3O2S. The van der Waals surface area contributed by atoms with Crippen molar-refractivity contribution in [1.29, 1.82) is 0 Å². The second kappa shape index (κ2) is 5.26. The molecule has 0 atom stereocenters. The molecule has 0 saturated heterocycles. The molecule has 3 rings (SSSR count). The number of hydrogen-bond acceptors (Lipinski definition) is 3. The van der Waals surface area contributed by atoms with Crippen molar-refractivity contribution in [2.45, 2.75) is 4.90 Å². The fraction of sp³-hybridized carbons (Fsp3) is 0.0714. The van der Waals surface area contributed by atoms with Crippen LogP contribution in [0, 0.1) is 5.82 Å². The molecular weight excluding hydrogens is 329 g/mol. The predicted molar refractivity (Wildman–Crippen MR) is 84.1 cm³/mol. The van der Waals surface area contributed by atoms with Crippen molar-refractivity contribution in [3.05, 3.63) is 47.2 Å². The van der Waals surface area contributed by atoms with Gasteiger partial charge in [0.15, 0.2) is 0 Å². The second-order valence-electron chi connectivity index (χ2n) is 4.61. The van der Waals surface area contributed by atoms with E-state index >= 15 is 0 Å². The van der Waals surface area contributed by atoms with Crippen molar-refractivity contribution >= 4 is 33.3 Å². The van der Waals surface area contributed by atoms with Gasteiger partial charge in [0.1, 0.15) is 10.7 Å². The zero-order chi connectivity index (χ0) is 15.9. The summed E-state index contributed by atoms with van der Waals surface area (Å²) in [7, 11) is -2.28. The Balaban J connectivity index is 2.31. The highest BCUT2D eigenvalue weighted by atomic mass is 35.5. The minimum Gasteiger partial charge on any atom is -0.324 e. The highest BCUT2D eigenvalue weighted by Gasteiger charge is 2.28. The summed E-state index contributed by atoms with van der Waals surface area (Å²) in [5.41, 5.74) is 1.20. The Labute approximate surface area is 131 Å². The summed E-state index contributed by atoms with van der Waals surface area (Å²) in [5.74, 6) is -0.370. The van der Waals surface area contributed by atoms with Crippen molar-refractivity contribution in [3.63, 3.8) is 0 Å². The normalized spacial score (nSPS) is 17.5. The highest BCUT2D eigenvalue weighted by Crippen LogP contribution is 2.38. The number of nitrogens with one attached hydrogen (secondary N) is 2. The van der Waals surface area contributed by atoms with Gasteiger partial charge in [0, 0.05) is 23.2 Å². The zero-order valence-corrected chi connectivity index (χ0v) is 13.0. The number of nitrogens with zero attached hydrogens (tertiary/aromatic N) is 1. The molecule has 2 N–H and O–H groups in total. The maximum atomic E-state index is 13.5. The molecule has 0 aromatic heterocycles. The lowest BCUT2D eigenvalue weighted by molar-refractivity contribution is 0.592. The van der Waals surface area contributed by atoms with Crippen LogP contribution in [0.15, 0.2) is 46.3 Å². The van der Waals surface area contributed by atoms with Gasteiger partial charge in [-0.2, -0.15) is 0 Å². The minimum atomic E-state index is -3.74. The number of sulfonamides is 1. The number of fused-ring (bicyclic) bond motifs is 1. The van der Waals surface area contributed by atoms with Gasteiger partial charge in [-0.1, -0.05) is 23.7 Å². The van der Waals surface area contributed by atoms with E-state index in [9.17, 15) is 12.8 Å². The molecule has 0 amide bonds. The SMILES string of the molecule is CN=C1Nc2c(-c3cc(F)ccc3Cl)cccc2S(=O)(=O)N1. The first kappa shape index (κ1) is 14.8. The van der Waals surface area contributed by atoms with Crippen LogP contribution < -0.4 is 10.0 Å². The Morgan fingerprint density at radius 3 is 2.68 bits per heavy atom. The van der Waals surface area contributed by atoms with Crippen LogP contribution in [0.2, 0.25) is 5.02 Å². The number of halogens is 2. The number of hydrogen-bond donors (Lipinski definition) is 2. The van der Waals surface area contributed by atoms with Gasteiger partial charge in [-0.05, 0) is 24.3 Å². The summed E-state index contributed by atoms with van der Waals surface area (Å²) < 4.78 is 40.3. The smallest absolute Gasteiger partial charge is 0.266 e. The van der Waals surface area contributed by atoms with Crippen molar-refractivity contribution in [2.75, 3.05) is 12.4 Å². The fourth-order valence-electron chi connectivity index (χ4n) is 2.24. The summed E-state index contributed by atoms with van der Waals surface area (Å²) in [6, 6.07) is 8.62. The van der Waals surface area contributed by atoms with E-state index in [1.54, 1.807) is 12.1 Å². The first-order valence-corrected chi connectivity index (χ1v) is 8.13. The Bertz CT molecular complexity index is 897. The van der Waals surface area contributed by atoms with Crippen LogP contribution in [0.1, 0.15) is 0 Å². The number of anilines is 1. The standard InChI is InChI=1S/C14H11ClFN3O2S/c1-17-14-18-13-9(10-7-8(16)5-6-11(10)15)3-2-4-12(13)22(20,21)19-14/h2-7H,1H3,(H2,17,18,19). The van der Waals surface area contributed by atoms with Crippen molar-refractivity contribution < 1.29 is 12.8 Å².